The lowest BCUT2D eigenvalue weighted by Crippen LogP contribution is -2.35. The predicted octanol–water partition coefficient (Wildman–Crippen LogP) is 2.82. The Morgan fingerprint density at radius 1 is 1.17 bits per heavy atom. The van der Waals surface area contributed by atoms with Crippen LogP contribution in [0.5, 0.6) is 0 Å². The van der Waals surface area contributed by atoms with Crippen molar-refractivity contribution in [1.29, 1.82) is 0 Å². The van der Waals surface area contributed by atoms with Gasteiger partial charge in [-0.1, -0.05) is 18.2 Å². The molecule has 18 heavy (non-hydrogen) atoms. The number of halogens is 1. The number of aromatic nitrogens is 1. The van der Waals surface area contributed by atoms with Crippen molar-refractivity contribution in [2.75, 3.05) is 18.4 Å². The van der Waals surface area contributed by atoms with E-state index in [9.17, 15) is 0 Å². The Labute approximate surface area is 113 Å². The second-order valence-corrected chi connectivity index (χ2v) is 4.59. The van der Waals surface area contributed by atoms with E-state index in [1.807, 2.05) is 18.3 Å². The first-order chi connectivity index (χ1) is 8.42. The number of anilines is 1. The molecule has 1 aromatic carbocycles. The third-order valence-electron chi connectivity index (χ3n) is 3.30. The number of nitrogens with zero attached hydrogens (tertiary/aromatic N) is 1. The largest absolute Gasteiger partial charge is 0.381 e. The molecule has 2 heterocycles. The first-order valence-electron chi connectivity index (χ1n) is 6.24. The Morgan fingerprint density at radius 2 is 1.94 bits per heavy atom. The summed E-state index contributed by atoms with van der Waals surface area (Å²) in [5.41, 5.74) is 2.19. The van der Waals surface area contributed by atoms with E-state index in [1.54, 1.807) is 0 Å². The second kappa shape index (κ2) is 6.03. The van der Waals surface area contributed by atoms with Gasteiger partial charge in [-0.3, -0.25) is 4.98 Å². The monoisotopic (exact) mass is 263 g/mol. The van der Waals surface area contributed by atoms with Gasteiger partial charge in [0.25, 0.3) is 0 Å². The molecule has 1 aliphatic heterocycles. The van der Waals surface area contributed by atoms with E-state index in [0.29, 0.717) is 6.04 Å². The maximum atomic E-state index is 4.47. The number of benzene rings is 1. The van der Waals surface area contributed by atoms with Crippen molar-refractivity contribution in [1.82, 2.24) is 10.3 Å². The van der Waals surface area contributed by atoms with Crippen LogP contribution < -0.4 is 10.6 Å². The molecule has 2 aromatic rings. The molecule has 0 bridgehead atoms. The molecule has 1 aromatic heterocycles. The van der Waals surface area contributed by atoms with Crippen LogP contribution >= 0.6 is 12.4 Å². The van der Waals surface area contributed by atoms with E-state index in [4.69, 9.17) is 0 Å². The lowest BCUT2D eigenvalue weighted by atomic mass is 10.1. The van der Waals surface area contributed by atoms with Crippen molar-refractivity contribution in [2.24, 2.45) is 0 Å². The van der Waals surface area contributed by atoms with Crippen LogP contribution in [0.3, 0.4) is 0 Å². The molecule has 0 unspecified atom stereocenters. The highest BCUT2D eigenvalue weighted by Crippen LogP contribution is 2.18. The average Bonchev–Trinajstić information content (AvgIpc) is 2.40. The number of piperidine rings is 1. The third-order valence-corrected chi connectivity index (χ3v) is 3.30. The zero-order chi connectivity index (χ0) is 11.5. The molecule has 0 aliphatic carbocycles. The van der Waals surface area contributed by atoms with Gasteiger partial charge in [-0.25, -0.2) is 0 Å². The van der Waals surface area contributed by atoms with E-state index in [1.165, 1.54) is 18.2 Å². The Morgan fingerprint density at radius 3 is 2.78 bits per heavy atom. The summed E-state index contributed by atoms with van der Waals surface area (Å²) in [6.07, 6.45) is 4.31. The van der Waals surface area contributed by atoms with E-state index in [0.717, 1.165) is 24.3 Å². The van der Waals surface area contributed by atoms with Crippen molar-refractivity contribution in [3.05, 3.63) is 36.5 Å². The van der Waals surface area contributed by atoms with Crippen LogP contribution in [0.2, 0.25) is 0 Å². The quantitative estimate of drug-likeness (QED) is 0.875. The molecule has 2 N–H and O–H groups in total. The van der Waals surface area contributed by atoms with E-state index in [-0.39, 0.29) is 12.4 Å². The maximum Gasteiger partial charge on any atom is 0.0703 e. The van der Waals surface area contributed by atoms with Gasteiger partial charge in [0, 0.05) is 11.4 Å². The molecule has 0 radical (unpaired) electrons. The minimum atomic E-state index is 0. The summed E-state index contributed by atoms with van der Waals surface area (Å²) in [5, 5.41) is 8.15. The van der Waals surface area contributed by atoms with Crippen LogP contribution in [0.25, 0.3) is 10.9 Å². The van der Waals surface area contributed by atoms with Crippen LogP contribution in [-0.2, 0) is 0 Å². The van der Waals surface area contributed by atoms with Gasteiger partial charge < -0.3 is 10.6 Å². The fourth-order valence-corrected chi connectivity index (χ4v) is 2.35. The minimum absolute atomic E-state index is 0. The van der Waals surface area contributed by atoms with Crippen molar-refractivity contribution in [2.45, 2.75) is 18.9 Å². The third kappa shape index (κ3) is 2.92. The fraction of sp³-hybridized carbons (Fsp3) is 0.357. The molecular formula is C14H18ClN3. The Bertz CT molecular complexity index is 509. The zero-order valence-electron chi connectivity index (χ0n) is 10.2. The van der Waals surface area contributed by atoms with E-state index in [2.05, 4.69) is 33.8 Å². The molecule has 0 atom stereocenters. The molecule has 0 saturated carbocycles. The predicted molar refractivity (Wildman–Crippen MR) is 78.5 cm³/mol. The van der Waals surface area contributed by atoms with Gasteiger partial charge in [0.15, 0.2) is 0 Å². The summed E-state index contributed by atoms with van der Waals surface area (Å²) < 4.78 is 0. The van der Waals surface area contributed by atoms with Crippen LogP contribution in [0.4, 0.5) is 5.69 Å². The van der Waals surface area contributed by atoms with Gasteiger partial charge in [-0.05, 0) is 38.1 Å². The highest BCUT2D eigenvalue weighted by atomic mass is 35.5. The molecule has 3 nitrogen and oxygen atoms in total. The number of hydrogen-bond acceptors (Lipinski definition) is 3. The van der Waals surface area contributed by atoms with Gasteiger partial charge in [0.2, 0.25) is 0 Å². The zero-order valence-corrected chi connectivity index (χ0v) is 11.0. The number of para-hydroxylation sites is 1. The van der Waals surface area contributed by atoms with Gasteiger partial charge in [-0.15, -0.1) is 12.4 Å². The van der Waals surface area contributed by atoms with Crippen molar-refractivity contribution >= 4 is 29.0 Å². The summed E-state index contributed by atoms with van der Waals surface area (Å²) in [5.74, 6) is 0. The molecule has 96 valence electrons. The first kappa shape index (κ1) is 13.1. The van der Waals surface area contributed by atoms with Crippen LogP contribution in [-0.4, -0.2) is 24.1 Å². The van der Waals surface area contributed by atoms with Gasteiger partial charge >= 0.3 is 0 Å². The number of fused-ring (bicyclic) bond motifs is 1. The Kier molecular flexibility index (Phi) is 4.39. The van der Waals surface area contributed by atoms with Crippen molar-refractivity contribution in [3.63, 3.8) is 0 Å². The van der Waals surface area contributed by atoms with Gasteiger partial charge in [0.05, 0.1) is 17.4 Å². The molecule has 1 saturated heterocycles. The maximum absolute atomic E-state index is 4.47. The minimum Gasteiger partial charge on any atom is -0.381 e. The molecule has 4 heteroatoms. The number of pyridine rings is 1. The molecule has 1 fully saturated rings. The lowest BCUT2D eigenvalue weighted by Gasteiger charge is -2.24. The average molecular weight is 264 g/mol. The van der Waals surface area contributed by atoms with Gasteiger partial charge in [0.1, 0.15) is 0 Å². The summed E-state index contributed by atoms with van der Waals surface area (Å²) >= 11 is 0. The van der Waals surface area contributed by atoms with E-state index < -0.39 is 0 Å². The molecule has 0 amide bonds. The first-order valence-corrected chi connectivity index (χ1v) is 6.24. The highest BCUT2D eigenvalue weighted by Gasteiger charge is 2.12. The number of rotatable bonds is 2. The van der Waals surface area contributed by atoms with Gasteiger partial charge in [-0.2, -0.15) is 0 Å². The Hall–Kier alpha value is -1.32. The normalized spacial score (nSPS) is 16.2. The number of nitrogens with one attached hydrogen (secondary N) is 2. The lowest BCUT2D eigenvalue weighted by molar-refractivity contribution is 0.479. The topological polar surface area (TPSA) is 37.0 Å². The molecule has 0 spiro atoms. The summed E-state index contributed by atoms with van der Waals surface area (Å²) in [7, 11) is 0. The van der Waals surface area contributed by atoms with Crippen LogP contribution in [0, 0.1) is 0 Å². The second-order valence-electron chi connectivity index (χ2n) is 4.59. The standard InChI is InChI=1S/C14H17N3.ClH/c1-2-4-14-11(3-1)9-13(10-16-14)17-12-5-7-15-8-6-12;/h1-4,9-10,12,15,17H,5-8H2;1H. The highest BCUT2D eigenvalue weighted by molar-refractivity contribution is 5.85. The van der Waals surface area contributed by atoms with E-state index >= 15 is 0 Å². The fourth-order valence-electron chi connectivity index (χ4n) is 2.35. The number of hydrogen-bond donors (Lipinski definition) is 2. The SMILES string of the molecule is Cl.c1ccc2ncc(NC3CCNCC3)cc2c1. The van der Waals surface area contributed by atoms with Crippen molar-refractivity contribution < 1.29 is 0 Å². The van der Waals surface area contributed by atoms with Crippen LogP contribution in [0.15, 0.2) is 36.5 Å². The molecule has 1 aliphatic rings. The Balaban J connectivity index is 0.00000120. The van der Waals surface area contributed by atoms with Crippen molar-refractivity contribution in [3.8, 4) is 0 Å². The summed E-state index contributed by atoms with van der Waals surface area (Å²) in [4.78, 5) is 4.47. The summed E-state index contributed by atoms with van der Waals surface area (Å²) in [6.45, 7) is 2.22. The van der Waals surface area contributed by atoms with Crippen LogP contribution in [0.1, 0.15) is 12.8 Å². The summed E-state index contributed by atoms with van der Waals surface area (Å²) in [6, 6.07) is 11.0. The molecule has 3 rings (SSSR count). The molecular weight excluding hydrogens is 246 g/mol. The smallest absolute Gasteiger partial charge is 0.0703 e.